The lowest BCUT2D eigenvalue weighted by Gasteiger charge is -2.17. The highest BCUT2D eigenvalue weighted by atomic mass is 35.5. The lowest BCUT2D eigenvalue weighted by atomic mass is 9.89. The van der Waals surface area contributed by atoms with E-state index in [1.807, 2.05) is 20.8 Å². The van der Waals surface area contributed by atoms with Gasteiger partial charge in [-0.3, -0.25) is 10.1 Å². The average molecular weight is 270 g/mol. The molecule has 1 N–H and O–H groups in total. The quantitative estimate of drug-likeness (QED) is 0.836. The van der Waals surface area contributed by atoms with Crippen LogP contribution in [0.1, 0.15) is 20.8 Å². The number of aromatic nitrogens is 2. The van der Waals surface area contributed by atoms with Gasteiger partial charge in [0.05, 0.1) is 18.1 Å². The van der Waals surface area contributed by atoms with Crippen molar-refractivity contribution in [1.82, 2.24) is 9.97 Å². The van der Waals surface area contributed by atoms with Gasteiger partial charge in [0, 0.05) is 6.20 Å². The van der Waals surface area contributed by atoms with Crippen molar-refractivity contribution in [3.05, 3.63) is 17.4 Å². The molecule has 0 spiro atoms. The Bertz CT molecular complexity index is 455. The Labute approximate surface area is 111 Å². The molecular weight excluding hydrogens is 254 g/mol. The third-order valence-corrected chi connectivity index (χ3v) is 3.61. The number of hydrogen-bond acceptors (Lipinski definition) is 4. The molecular formula is C12H16ClN3O2. The Morgan fingerprint density at radius 2 is 2.11 bits per heavy atom. The summed E-state index contributed by atoms with van der Waals surface area (Å²) in [6.45, 7) is 5.89. The van der Waals surface area contributed by atoms with Crippen LogP contribution in [-0.2, 0) is 9.53 Å². The standard InChI is InChI=1S/C12H16ClN3O2/c1-6-7(2)18-8(3)10(6)11(17)16-12-14-5-4-9(13)15-12/h4-8,10H,1-3H3,(H,14,15,16,17). The number of amides is 1. The van der Waals surface area contributed by atoms with Crippen molar-refractivity contribution >= 4 is 23.5 Å². The molecule has 1 aromatic rings. The number of carbonyl (C=O) groups excluding carboxylic acids is 1. The topological polar surface area (TPSA) is 64.1 Å². The maximum Gasteiger partial charge on any atom is 0.232 e. The second kappa shape index (κ2) is 5.20. The van der Waals surface area contributed by atoms with E-state index >= 15 is 0 Å². The maximum absolute atomic E-state index is 12.2. The van der Waals surface area contributed by atoms with Gasteiger partial charge < -0.3 is 4.74 Å². The first-order chi connectivity index (χ1) is 8.49. The van der Waals surface area contributed by atoms with Crippen molar-refractivity contribution < 1.29 is 9.53 Å². The average Bonchev–Trinajstić information content (AvgIpc) is 2.53. The molecule has 2 rings (SSSR count). The summed E-state index contributed by atoms with van der Waals surface area (Å²) in [5.41, 5.74) is 0. The second-order valence-corrected chi connectivity index (χ2v) is 5.01. The fraction of sp³-hybridized carbons (Fsp3) is 0.583. The third kappa shape index (κ3) is 2.62. The molecule has 6 heteroatoms. The molecule has 0 saturated carbocycles. The van der Waals surface area contributed by atoms with E-state index in [1.165, 1.54) is 6.20 Å². The van der Waals surface area contributed by atoms with Crippen molar-refractivity contribution in [1.29, 1.82) is 0 Å². The number of halogens is 1. The van der Waals surface area contributed by atoms with Gasteiger partial charge in [0.15, 0.2) is 0 Å². The van der Waals surface area contributed by atoms with E-state index in [9.17, 15) is 4.79 Å². The van der Waals surface area contributed by atoms with Crippen molar-refractivity contribution in [3.8, 4) is 0 Å². The summed E-state index contributed by atoms with van der Waals surface area (Å²) in [6, 6.07) is 1.56. The molecule has 1 saturated heterocycles. The number of hydrogen-bond donors (Lipinski definition) is 1. The van der Waals surface area contributed by atoms with E-state index in [2.05, 4.69) is 15.3 Å². The van der Waals surface area contributed by atoms with Crippen LogP contribution in [0.5, 0.6) is 0 Å². The van der Waals surface area contributed by atoms with Crippen LogP contribution in [0.3, 0.4) is 0 Å². The molecule has 1 aliphatic heterocycles. The molecule has 2 heterocycles. The van der Waals surface area contributed by atoms with Gasteiger partial charge in [0.25, 0.3) is 0 Å². The predicted octanol–water partition coefficient (Wildman–Crippen LogP) is 2.13. The van der Waals surface area contributed by atoms with Gasteiger partial charge in [-0.15, -0.1) is 0 Å². The van der Waals surface area contributed by atoms with E-state index < -0.39 is 0 Å². The largest absolute Gasteiger partial charge is 0.374 e. The Morgan fingerprint density at radius 1 is 1.39 bits per heavy atom. The molecule has 1 amide bonds. The highest BCUT2D eigenvalue weighted by Gasteiger charge is 2.41. The molecule has 5 nitrogen and oxygen atoms in total. The Hall–Kier alpha value is -1.20. The fourth-order valence-corrected chi connectivity index (χ4v) is 2.45. The predicted molar refractivity (Wildman–Crippen MR) is 68.3 cm³/mol. The van der Waals surface area contributed by atoms with E-state index in [1.54, 1.807) is 6.07 Å². The normalized spacial score (nSPS) is 31.3. The molecule has 0 radical (unpaired) electrons. The smallest absolute Gasteiger partial charge is 0.232 e. The minimum absolute atomic E-state index is 0.0797. The van der Waals surface area contributed by atoms with E-state index in [0.29, 0.717) is 5.15 Å². The van der Waals surface area contributed by atoms with Crippen LogP contribution in [0.15, 0.2) is 12.3 Å². The van der Waals surface area contributed by atoms with E-state index in [-0.39, 0.29) is 35.9 Å². The first-order valence-electron chi connectivity index (χ1n) is 5.94. The lowest BCUT2D eigenvalue weighted by Crippen LogP contribution is -2.32. The van der Waals surface area contributed by atoms with Crippen LogP contribution in [-0.4, -0.2) is 28.1 Å². The number of anilines is 1. The zero-order valence-electron chi connectivity index (χ0n) is 10.6. The number of nitrogens with one attached hydrogen (secondary N) is 1. The summed E-state index contributed by atoms with van der Waals surface area (Å²) in [5, 5.41) is 2.98. The van der Waals surface area contributed by atoms with Crippen molar-refractivity contribution in [2.24, 2.45) is 11.8 Å². The highest BCUT2D eigenvalue weighted by Crippen LogP contribution is 2.32. The van der Waals surface area contributed by atoms with Crippen LogP contribution in [0.4, 0.5) is 5.95 Å². The monoisotopic (exact) mass is 269 g/mol. The molecule has 0 bridgehead atoms. The second-order valence-electron chi connectivity index (χ2n) is 4.62. The number of rotatable bonds is 2. The zero-order valence-corrected chi connectivity index (χ0v) is 11.3. The number of ether oxygens (including phenoxy) is 1. The van der Waals surface area contributed by atoms with Gasteiger partial charge in [-0.2, -0.15) is 0 Å². The van der Waals surface area contributed by atoms with Crippen LogP contribution < -0.4 is 5.32 Å². The molecule has 1 aliphatic rings. The first-order valence-corrected chi connectivity index (χ1v) is 6.31. The zero-order chi connectivity index (χ0) is 13.3. The van der Waals surface area contributed by atoms with Crippen LogP contribution in [0, 0.1) is 11.8 Å². The summed E-state index contributed by atoms with van der Waals surface area (Å²) in [6.07, 6.45) is 1.48. The minimum Gasteiger partial charge on any atom is -0.374 e. The summed E-state index contributed by atoms with van der Waals surface area (Å²) in [4.78, 5) is 20.1. The Balaban J connectivity index is 2.08. The summed E-state index contributed by atoms with van der Waals surface area (Å²) in [5.74, 6) is 0.0786. The molecule has 98 valence electrons. The SMILES string of the molecule is CC1OC(C)C(C(=O)Nc2nccc(Cl)n2)C1C. The first kappa shape index (κ1) is 13.2. The highest BCUT2D eigenvalue weighted by molar-refractivity contribution is 6.29. The van der Waals surface area contributed by atoms with Crippen LogP contribution >= 0.6 is 11.6 Å². The number of carbonyl (C=O) groups is 1. The molecule has 1 fully saturated rings. The van der Waals surface area contributed by atoms with E-state index in [4.69, 9.17) is 16.3 Å². The lowest BCUT2D eigenvalue weighted by molar-refractivity contribution is -0.122. The van der Waals surface area contributed by atoms with Crippen molar-refractivity contribution in [3.63, 3.8) is 0 Å². The summed E-state index contributed by atoms with van der Waals surface area (Å²) in [7, 11) is 0. The van der Waals surface area contributed by atoms with Gasteiger partial charge in [-0.25, -0.2) is 9.97 Å². The van der Waals surface area contributed by atoms with Crippen molar-refractivity contribution in [2.45, 2.75) is 33.0 Å². The Kier molecular flexibility index (Phi) is 3.82. The van der Waals surface area contributed by atoms with Gasteiger partial charge >= 0.3 is 0 Å². The van der Waals surface area contributed by atoms with Crippen LogP contribution in [0.2, 0.25) is 5.15 Å². The molecule has 0 aliphatic carbocycles. The van der Waals surface area contributed by atoms with Gasteiger partial charge in [0.1, 0.15) is 5.15 Å². The van der Waals surface area contributed by atoms with Gasteiger partial charge in [-0.05, 0) is 25.8 Å². The van der Waals surface area contributed by atoms with Gasteiger partial charge in [-0.1, -0.05) is 18.5 Å². The van der Waals surface area contributed by atoms with Crippen LogP contribution in [0.25, 0.3) is 0 Å². The third-order valence-electron chi connectivity index (χ3n) is 3.40. The molecule has 0 aromatic carbocycles. The van der Waals surface area contributed by atoms with Crippen molar-refractivity contribution in [2.75, 3.05) is 5.32 Å². The molecule has 4 unspecified atom stereocenters. The Morgan fingerprint density at radius 3 is 2.67 bits per heavy atom. The number of nitrogens with zero attached hydrogens (tertiary/aromatic N) is 2. The van der Waals surface area contributed by atoms with Gasteiger partial charge in [0.2, 0.25) is 11.9 Å². The molecule has 4 atom stereocenters. The summed E-state index contributed by atoms with van der Waals surface area (Å²) >= 11 is 5.74. The summed E-state index contributed by atoms with van der Waals surface area (Å²) < 4.78 is 5.64. The molecule has 18 heavy (non-hydrogen) atoms. The maximum atomic E-state index is 12.2. The minimum atomic E-state index is -0.192. The fourth-order valence-electron chi connectivity index (χ4n) is 2.31. The van der Waals surface area contributed by atoms with E-state index in [0.717, 1.165) is 0 Å². The molecule has 1 aromatic heterocycles.